The maximum absolute atomic E-state index is 6.23. The lowest BCUT2D eigenvalue weighted by Gasteiger charge is -2.16. The molecule has 0 aliphatic rings. The van der Waals surface area contributed by atoms with E-state index in [0.29, 0.717) is 5.92 Å². The second-order valence-electron chi connectivity index (χ2n) is 4.68. The third kappa shape index (κ3) is 2.22. The molecular formula is C14H18N2. The second kappa shape index (κ2) is 4.62. The Morgan fingerprint density at radius 1 is 1.25 bits per heavy atom. The SMILES string of the molecule is CC(C)CC(N)c1cccc2ccncc12. The van der Waals surface area contributed by atoms with Crippen LogP contribution in [-0.2, 0) is 0 Å². The van der Waals surface area contributed by atoms with Gasteiger partial charge in [0.1, 0.15) is 0 Å². The zero-order valence-corrected chi connectivity index (χ0v) is 9.85. The van der Waals surface area contributed by atoms with E-state index in [4.69, 9.17) is 5.73 Å². The Hall–Kier alpha value is -1.41. The van der Waals surface area contributed by atoms with E-state index in [2.05, 4.69) is 37.0 Å². The predicted octanol–water partition coefficient (Wildman–Crippen LogP) is 3.28. The summed E-state index contributed by atoms with van der Waals surface area (Å²) >= 11 is 0. The molecule has 1 atom stereocenters. The molecule has 1 heterocycles. The number of benzene rings is 1. The molecule has 0 radical (unpaired) electrons. The molecule has 1 unspecified atom stereocenters. The number of nitrogens with zero attached hydrogens (tertiary/aromatic N) is 1. The Bertz CT molecular complexity index is 472. The minimum Gasteiger partial charge on any atom is -0.324 e. The molecule has 0 bridgehead atoms. The second-order valence-corrected chi connectivity index (χ2v) is 4.68. The molecule has 2 N–H and O–H groups in total. The van der Waals surface area contributed by atoms with Crippen LogP contribution in [0.4, 0.5) is 0 Å². The Morgan fingerprint density at radius 2 is 2.06 bits per heavy atom. The number of hydrogen-bond acceptors (Lipinski definition) is 2. The van der Waals surface area contributed by atoms with Gasteiger partial charge in [-0.25, -0.2) is 0 Å². The van der Waals surface area contributed by atoms with Gasteiger partial charge in [0.25, 0.3) is 0 Å². The van der Waals surface area contributed by atoms with Crippen molar-refractivity contribution in [3.8, 4) is 0 Å². The molecule has 84 valence electrons. The van der Waals surface area contributed by atoms with Gasteiger partial charge in [0.2, 0.25) is 0 Å². The van der Waals surface area contributed by atoms with Crippen LogP contribution in [0.1, 0.15) is 31.9 Å². The smallest absolute Gasteiger partial charge is 0.0349 e. The first-order valence-corrected chi connectivity index (χ1v) is 5.76. The fourth-order valence-electron chi connectivity index (χ4n) is 2.10. The van der Waals surface area contributed by atoms with E-state index in [0.717, 1.165) is 6.42 Å². The van der Waals surface area contributed by atoms with Crippen LogP contribution in [0.15, 0.2) is 36.7 Å². The normalized spacial score (nSPS) is 13.2. The summed E-state index contributed by atoms with van der Waals surface area (Å²) in [6, 6.07) is 8.41. The number of aromatic nitrogens is 1. The summed E-state index contributed by atoms with van der Waals surface area (Å²) in [4.78, 5) is 4.18. The van der Waals surface area contributed by atoms with Crippen LogP contribution in [0.5, 0.6) is 0 Å². The van der Waals surface area contributed by atoms with Crippen molar-refractivity contribution in [3.05, 3.63) is 42.2 Å². The van der Waals surface area contributed by atoms with Crippen molar-refractivity contribution in [2.45, 2.75) is 26.3 Å². The van der Waals surface area contributed by atoms with Crippen molar-refractivity contribution < 1.29 is 0 Å². The monoisotopic (exact) mass is 214 g/mol. The van der Waals surface area contributed by atoms with Crippen molar-refractivity contribution in [1.82, 2.24) is 4.98 Å². The van der Waals surface area contributed by atoms with Gasteiger partial charge >= 0.3 is 0 Å². The topological polar surface area (TPSA) is 38.9 Å². The van der Waals surface area contributed by atoms with E-state index in [1.165, 1.54) is 16.3 Å². The number of nitrogens with two attached hydrogens (primary N) is 1. The van der Waals surface area contributed by atoms with Gasteiger partial charge in [-0.15, -0.1) is 0 Å². The molecule has 0 amide bonds. The minimum absolute atomic E-state index is 0.105. The van der Waals surface area contributed by atoms with E-state index in [9.17, 15) is 0 Å². The first kappa shape index (κ1) is 11.1. The first-order chi connectivity index (χ1) is 7.68. The van der Waals surface area contributed by atoms with Crippen LogP contribution in [-0.4, -0.2) is 4.98 Å². The van der Waals surface area contributed by atoms with Gasteiger partial charge in [-0.3, -0.25) is 4.98 Å². The van der Waals surface area contributed by atoms with E-state index in [1.54, 1.807) is 0 Å². The van der Waals surface area contributed by atoms with Crippen LogP contribution in [0, 0.1) is 5.92 Å². The summed E-state index contributed by atoms with van der Waals surface area (Å²) in [5.41, 5.74) is 7.44. The number of fused-ring (bicyclic) bond motifs is 1. The summed E-state index contributed by atoms with van der Waals surface area (Å²) in [7, 11) is 0. The molecule has 2 heteroatoms. The van der Waals surface area contributed by atoms with Gasteiger partial charge < -0.3 is 5.73 Å². The minimum atomic E-state index is 0.105. The Morgan fingerprint density at radius 3 is 2.81 bits per heavy atom. The maximum Gasteiger partial charge on any atom is 0.0349 e. The molecule has 2 rings (SSSR count). The van der Waals surface area contributed by atoms with Crippen LogP contribution in [0.2, 0.25) is 0 Å². The van der Waals surface area contributed by atoms with Crippen molar-refractivity contribution in [3.63, 3.8) is 0 Å². The summed E-state index contributed by atoms with van der Waals surface area (Å²) < 4.78 is 0. The summed E-state index contributed by atoms with van der Waals surface area (Å²) in [5.74, 6) is 0.613. The number of hydrogen-bond donors (Lipinski definition) is 1. The van der Waals surface area contributed by atoms with Gasteiger partial charge in [-0.05, 0) is 29.4 Å². The average Bonchev–Trinajstić information content (AvgIpc) is 2.27. The molecular weight excluding hydrogens is 196 g/mol. The lowest BCUT2D eigenvalue weighted by atomic mass is 9.94. The zero-order valence-electron chi connectivity index (χ0n) is 9.85. The van der Waals surface area contributed by atoms with Gasteiger partial charge in [-0.1, -0.05) is 32.0 Å². The molecule has 16 heavy (non-hydrogen) atoms. The molecule has 1 aromatic heterocycles. The quantitative estimate of drug-likeness (QED) is 0.851. The largest absolute Gasteiger partial charge is 0.324 e. The van der Waals surface area contributed by atoms with Crippen LogP contribution in [0.25, 0.3) is 10.8 Å². The highest BCUT2D eigenvalue weighted by atomic mass is 14.6. The van der Waals surface area contributed by atoms with E-state index >= 15 is 0 Å². The molecule has 0 aliphatic heterocycles. The third-order valence-electron chi connectivity index (χ3n) is 2.84. The molecule has 2 aromatic rings. The van der Waals surface area contributed by atoms with Gasteiger partial charge in [0.15, 0.2) is 0 Å². The molecule has 0 spiro atoms. The van der Waals surface area contributed by atoms with E-state index in [-0.39, 0.29) is 6.04 Å². The third-order valence-corrected chi connectivity index (χ3v) is 2.84. The van der Waals surface area contributed by atoms with Gasteiger partial charge in [0.05, 0.1) is 0 Å². The Kier molecular flexibility index (Phi) is 3.20. The number of pyridine rings is 1. The summed E-state index contributed by atoms with van der Waals surface area (Å²) in [6.07, 6.45) is 4.74. The van der Waals surface area contributed by atoms with E-state index in [1.807, 2.05) is 18.5 Å². The standard InChI is InChI=1S/C14H18N2/c1-10(2)8-14(15)12-5-3-4-11-6-7-16-9-13(11)12/h3-7,9-10,14H,8,15H2,1-2H3. The van der Waals surface area contributed by atoms with Gasteiger partial charge in [-0.2, -0.15) is 0 Å². The summed E-state index contributed by atoms with van der Waals surface area (Å²) in [6.45, 7) is 4.40. The lowest BCUT2D eigenvalue weighted by molar-refractivity contribution is 0.512. The van der Waals surface area contributed by atoms with Crippen molar-refractivity contribution in [2.24, 2.45) is 11.7 Å². The maximum atomic E-state index is 6.23. The van der Waals surface area contributed by atoms with Crippen LogP contribution < -0.4 is 5.73 Å². The van der Waals surface area contributed by atoms with Crippen molar-refractivity contribution in [1.29, 1.82) is 0 Å². The highest BCUT2D eigenvalue weighted by Gasteiger charge is 2.11. The fraction of sp³-hybridized carbons (Fsp3) is 0.357. The predicted molar refractivity (Wildman–Crippen MR) is 68.1 cm³/mol. The first-order valence-electron chi connectivity index (χ1n) is 5.76. The Balaban J connectivity index is 2.44. The van der Waals surface area contributed by atoms with Crippen LogP contribution in [0.3, 0.4) is 0 Å². The van der Waals surface area contributed by atoms with Crippen molar-refractivity contribution in [2.75, 3.05) is 0 Å². The molecule has 0 saturated carbocycles. The van der Waals surface area contributed by atoms with E-state index < -0.39 is 0 Å². The lowest BCUT2D eigenvalue weighted by Crippen LogP contribution is -2.13. The fourth-order valence-corrected chi connectivity index (χ4v) is 2.10. The molecule has 0 aliphatic carbocycles. The van der Waals surface area contributed by atoms with Gasteiger partial charge in [0, 0.05) is 23.8 Å². The Labute approximate surface area is 96.5 Å². The molecule has 1 aromatic carbocycles. The highest BCUT2D eigenvalue weighted by Crippen LogP contribution is 2.25. The van der Waals surface area contributed by atoms with Crippen molar-refractivity contribution >= 4 is 10.8 Å². The number of rotatable bonds is 3. The molecule has 2 nitrogen and oxygen atoms in total. The zero-order chi connectivity index (χ0) is 11.5. The molecule has 0 fully saturated rings. The average molecular weight is 214 g/mol. The highest BCUT2D eigenvalue weighted by molar-refractivity contribution is 5.85. The summed E-state index contributed by atoms with van der Waals surface area (Å²) in [5, 5.41) is 2.39. The van der Waals surface area contributed by atoms with Crippen LogP contribution >= 0.6 is 0 Å². The molecule has 0 saturated heterocycles.